The number of fused-ring (bicyclic) bond motifs is 1. The van der Waals surface area contributed by atoms with Crippen molar-refractivity contribution in [1.82, 2.24) is 9.80 Å². The third kappa shape index (κ3) is 3.17. The van der Waals surface area contributed by atoms with Crippen molar-refractivity contribution in [3.05, 3.63) is 34.6 Å². The minimum atomic E-state index is -0.366. The van der Waals surface area contributed by atoms with Crippen LogP contribution >= 0.6 is 11.6 Å². The van der Waals surface area contributed by atoms with Crippen molar-refractivity contribution in [3.8, 4) is 0 Å². The van der Waals surface area contributed by atoms with Gasteiger partial charge in [-0.1, -0.05) is 17.7 Å². The summed E-state index contributed by atoms with van der Waals surface area (Å²) in [6.07, 6.45) is 1.91. The number of hydrogen-bond acceptors (Lipinski definition) is 3. The first-order valence-corrected chi connectivity index (χ1v) is 9.03. The molecule has 0 aliphatic carbocycles. The molecule has 3 heterocycles. The fourth-order valence-corrected chi connectivity index (χ4v) is 4.39. The quantitative estimate of drug-likeness (QED) is 0.835. The van der Waals surface area contributed by atoms with Crippen LogP contribution in [0.15, 0.2) is 18.2 Å². The van der Waals surface area contributed by atoms with Gasteiger partial charge in [-0.05, 0) is 24.1 Å². The third-order valence-corrected chi connectivity index (χ3v) is 5.84. The zero-order valence-electron chi connectivity index (χ0n) is 13.6. The zero-order chi connectivity index (χ0) is 16.7. The third-order valence-electron chi connectivity index (χ3n) is 5.53. The van der Waals surface area contributed by atoms with Crippen LogP contribution < -0.4 is 0 Å². The van der Waals surface area contributed by atoms with Crippen molar-refractivity contribution in [1.29, 1.82) is 0 Å². The summed E-state index contributed by atoms with van der Waals surface area (Å²) < 4.78 is 19.6. The van der Waals surface area contributed by atoms with E-state index in [0.717, 1.165) is 44.8 Å². The van der Waals surface area contributed by atoms with Crippen LogP contribution in [0.5, 0.6) is 0 Å². The summed E-state index contributed by atoms with van der Waals surface area (Å²) in [5.74, 6) is 0.805. The maximum atomic E-state index is 13.6. The second kappa shape index (κ2) is 6.62. The lowest BCUT2D eigenvalue weighted by molar-refractivity contribution is -0.128. The molecule has 0 spiro atoms. The van der Waals surface area contributed by atoms with Crippen LogP contribution in [0.25, 0.3) is 0 Å². The van der Waals surface area contributed by atoms with Gasteiger partial charge in [0.05, 0.1) is 17.7 Å². The van der Waals surface area contributed by atoms with Crippen LogP contribution in [0, 0.1) is 17.7 Å². The van der Waals surface area contributed by atoms with Gasteiger partial charge in [-0.3, -0.25) is 9.69 Å². The van der Waals surface area contributed by atoms with E-state index in [2.05, 4.69) is 4.90 Å². The number of benzene rings is 1. The predicted octanol–water partition coefficient (Wildman–Crippen LogP) is 2.55. The second-order valence-electron chi connectivity index (χ2n) is 7.18. The number of hydrogen-bond donors (Lipinski definition) is 0. The van der Waals surface area contributed by atoms with E-state index in [1.54, 1.807) is 6.07 Å². The standard InChI is InChI=1S/C18H22ClFN2O2/c19-15-4-3-12(6-16(15)20)7-21-9-14-13(11-24-17(14)10-21)8-22-5-1-2-18(22)23/h3-4,6,13-14,17H,1-2,5,7-11H2/t13-,14+,17+/m1/s1. The van der Waals surface area contributed by atoms with Crippen LogP contribution in [-0.4, -0.2) is 54.6 Å². The average molecular weight is 353 g/mol. The minimum Gasteiger partial charge on any atom is -0.376 e. The Morgan fingerprint density at radius 3 is 2.96 bits per heavy atom. The summed E-state index contributed by atoms with van der Waals surface area (Å²) in [7, 11) is 0. The summed E-state index contributed by atoms with van der Waals surface area (Å²) in [6, 6.07) is 5.00. The molecule has 3 aliphatic heterocycles. The Kier molecular flexibility index (Phi) is 4.50. The van der Waals surface area contributed by atoms with Gasteiger partial charge in [0.1, 0.15) is 5.82 Å². The number of carbonyl (C=O) groups excluding carboxylic acids is 1. The number of halogens is 2. The molecule has 3 saturated heterocycles. The van der Waals surface area contributed by atoms with Crippen molar-refractivity contribution in [2.75, 3.05) is 32.8 Å². The molecule has 0 aromatic heterocycles. The predicted molar refractivity (Wildman–Crippen MR) is 89.2 cm³/mol. The van der Waals surface area contributed by atoms with E-state index < -0.39 is 0 Å². The lowest BCUT2D eigenvalue weighted by Gasteiger charge is -2.24. The van der Waals surface area contributed by atoms with E-state index in [1.807, 2.05) is 11.0 Å². The Bertz CT molecular complexity index is 641. The zero-order valence-corrected chi connectivity index (χ0v) is 14.3. The van der Waals surface area contributed by atoms with E-state index in [9.17, 15) is 9.18 Å². The molecular weight excluding hydrogens is 331 g/mol. The summed E-state index contributed by atoms with van der Waals surface area (Å²) >= 11 is 5.75. The molecule has 1 aromatic carbocycles. The Morgan fingerprint density at radius 2 is 2.21 bits per heavy atom. The average Bonchev–Trinajstić information content (AvgIpc) is 3.22. The van der Waals surface area contributed by atoms with Gasteiger partial charge in [0.15, 0.2) is 0 Å². The molecule has 0 saturated carbocycles. The Labute approximate surface area is 146 Å². The molecule has 0 radical (unpaired) electrons. The van der Waals surface area contributed by atoms with Crippen LogP contribution in [0.3, 0.4) is 0 Å². The number of nitrogens with zero attached hydrogens (tertiary/aromatic N) is 2. The van der Waals surface area contributed by atoms with Gasteiger partial charge in [-0.25, -0.2) is 4.39 Å². The first-order chi connectivity index (χ1) is 11.6. The van der Waals surface area contributed by atoms with Crippen LogP contribution in [0.2, 0.25) is 5.02 Å². The molecule has 4 nitrogen and oxygen atoms in total. The maximum absolute atomic E-state index is 13.6. The summed E-state index contributed by atoms with van der Waals surface area (Å²) in [4.78, 5) is 16.2. The van der Waals surface area contributed by atoms with Crippen molar-refractivity contribution in [2.45, 2.75) is 25.5 Å². The van der Waals surface area contributed by atoms with E-state index >= 15 is 0 Å². The Morgan fingerprint density at radius 1 is 1.33 bits per heavy atom. The number of carbonyl (C=O) groups is 1. The monoisotopic (exact) mass is 352 g/mol. The molecule has 24 heavy (non-hydrogen) atoms. The van der Waals surface area contributed by atoms with Crippen molar-refractivity contribution < 1.29 is 13.9 Å². The summed E-state index contributed by atoms with van der Waals surface area (Å²) in [5.41, 5.74) is 0.933. The van der Waals surface area contributed by atoms with Crippen LogP contribution in [0.1, 0.15) is 18.4 Å². The Hall–Kier alpha value is -1.17. The molecule has 3 aliphatic rings. The Balaban J connectivity index is 1.36. The largest absolute Gasteiger partial charge is 0.376 e. The topological polar surface area (TPSA) is 32.8 Å². The van der Waals surface area contributed by atoms with Gasteiger partial charge in [-0.2, -0.15) is 0 Å². The lowest BCUT2D eigenvalue weighted by Crippen LogP contribution is -2.35. The summed E-state index contributed by atoms with van der Waals surface area (Å²) in [5, 5.41) is 0.163. The molecule has 6 heteroatoms. The van der Waals surface area contributed by atoms with E-state index in [-0.39, 0.29) is 22.9 Å². The maximum Gasteiger partial charge on any atom is 0.222 e. The smallest absolute Gasteiger partial charge is 0.222 e. The van der Waals surface area contributed by atoms with Gasteiger partial charge >= 0.3 is 0 Å². The van der Waals surface area contributed by atoms with Crippen molar-refractivity contribution >= 4 is 17.5 Å². The van der Waals surface area contributed by atoms with Crippen LogP contribution in [-0.2, 0) is 16.1 Å². The fourth-order valence-electron chi connectivity index (χ4n) is 4.27. The highest BCUT2D eigenvalue weighted by molar-refractivity contribution is 6.30. The molecule has 3 fully saturated rings. The van der Waals surface area contributed by atoms with E-state index in [4.69, 9.17) is 16.3 Å². The first kappa shape index (κ1) is 16.3. The molecule has 130 valence electrons. The highest BCUT2D eigenvalue weighted by Gasteiger charge is 2.44. The molecule has 0 N–H and O–H groups in total. The van der Waals surface area contributed by atoms with Crippen LogP contribution in [0.4, 0.5) is 4.39 Å². The molecule has 1 aromatic rings. The van der Waals surface area contributed by atoms with Crippen molar-refractivity contribution in [3.63, 3.8) is 0 Å². The van der Waals surface area contributed by atoms with Gasteiger partial charge in [0.25, 0.3) is 0 Å². The molecule has 3 atom stereocenters. The molecule has 0 unspecified atom stereocenters. The number of likely N-dealkylation sites (tertiary alicyclic amines) is 2. The van der Waals surface area contributed by atoms with Gasteiger partial charge in [-0.15, -0.1) is 0 Å². The van der Waals surface area contributed by atoms with E-state index in [1.165, 1.54) is 6.07 Å². The highest BCUT2D eigenvalue weighted by atomic mass is 35.5. The number of amides is 1. The first-order valence-electron chi connectivity index (χ1n) is 8.66. The number of rotatable bonds is 4. The van der Waals surface area contributed by atoms with Crippen molar-refractivity contribution in [2.24, 2.45) is 11.8 Å². The molecule has 1 amide bonds. The molecular formula is C18H22ClFN2O2. The molecule has 4 rings (SSSR count). The van der Waals surface area contributed by atoms with E-state index in [0.29, 0.717) is 24.8 Å². The summed E-state index contributed by atoms with van der Waals surface area (Å²) in [6.45, 7) is 4.99. The number of ether oxygens (including phenoxy) is 1. The van der Waals surface area contributed by atoms with Gasteiger partial charge in [0.2, 0.25) is 5.91 Å². The van der Waals surface area contributed by atoms with Gasteiger partial charge in [0, 0.05) is 51.0 Å². The minimum absolute atomic E-state index is 0.163. The van der Waals surface area contributed by atoms with Gasteiger partial charge < -0.3 is 9.64 Å². The lowest BCUT2D eigenvalue weighted by atomic mass is 9.93. The molecule has 0 bridgehead atoms. The second-order valence-corrected chi connectivity index (χ2v) is 7.59. The fraction of sp³-hybridized carbons (Fsp3) is 0.611. The highest BCUT2D eigenvalue weighted by Crippen LogP contribution is 2.35. The SMILES string of the molecule is O=C1CCCN1C[C@@H]1CO[C@H]2CN(Cc3ccc(Cl)c(F)c3)C[C@@H]12. The normalized spacial score (nSPS) is 30.3.